The number of rotatable bonds is 4. The first-order chi connectivity index (χ1) is 9.69. The minimum Gasteiger partial charge on any atom is -0.288 e. The second-order valence-electron chi connectivity index (χ2n) is 5.60. The Morgan fingerprint density at radius 1 is 1.40 bits per heavy atom. The summed E-state index contributed by atoms with van der Waals surface area (Å²) >= 11 is 0. The molecular formula is C17H20N2O. The molecule has 1 aliphatic rings. The largest absolute Gasteiger partial charge is 0.288 e. The fourth-order valence-corrected chi connectivity index (χ4v) is 2.82. The van der Waals surface area contributed by atoms with Crippen molar-refractivity contribution in [2.75, 3.05) is 0 Å². The molecule has 104 valence electrons. The summed E-state index contributed by atoms with van der Waals surface area (Å²) in [6.45, 7) is 2.03. The molecule has 0 unspecified atom stereocenters. The molecular weight excluding hydrogens is 248 g/mol. The molecule has 1 saturated carbocycles. The maximum atomic E-state index is 12.7. The summed E-state index contributed by atoms with van der Waals surface area (Å²) in [5.74, 6) is 0.749. The van der Waals surface area contributed by atoms with Crippen LogP contribution < -0.4 is 0 Å². The van der Waals surface area contributed by atoms with Gasteiger partial charge in [-0.2, -0.15) is 5.10 Å². The SMILES string of the molecule is CCc1nn(C)cc1C(=O)c1cccc(C2CCC2)c1. The van der Waals surface area contributed by atoms with Crippen LogP contribution in [0.1, 0.15) is 59.3 Å². The van der Waals surface area contributed by atoms with E-state index in [1.807, 2.05) is 32.3 Å². The molecule has 1 aromatic heterocycles. The smallest absolute Gasteiger partial charge is 0.196 e. The van der Waals surface area contributed by atoms with Crippen molar-refractivity contribution in [1.29, 1.82) is 0 Å². The van der Waals surface area contributed by atoms with Gasteiger partial charge in [-0.1, -0.05) is 31.5 Å². The highest BCUT2D eigenvalue weighted by atomic mass is 16.1. The zero-order valence-electron chi connectivity index (χ0n) is 12.1. The highest BCUT2D eigenvalue weighted by molar-refractivity contribution is 6.09. The predicted octanol–water partition coefficient (Wildman–Crippen LogP) is 3.48. The van der Waals surface area contributed by atoms with Crippen molar-refractivity contribution in [3.05, 3.63) is 52.8 Å². The van der Waals surface area contributed by atoms with Gasteiger partial charge in [0.05, 0.1) is 11.3 Å². The lowest BCUT2D eigenvalue weighted by Crippen LogP contribution is -2.10. The first-order valence-corrected chi connectivity index (χ1v) is 7.36. The Bertz CT molecular complexity index is 638. The second-order valence-corrected chi connectivity index (χ2v) is 5.60. The molecule has 0 saturated heterocycles. The van der Waals surface area contributed by atoms with Gasteiger partial charge < -0.3 is 0 Å². The van der Waals surface area contributed by atoms with E-state index in [9.17, 15) is 4.79 Å². The van der Waals surface area contributed by atoms with E-state index in [1.165, 1.54) is 24.8 Å². The minimum atomic E-state index is 0.0936. The number of nitrogens with zero attached hydrogens (tertiary/aromatic N) is 2. The normalized spacial score (nSPS) is 15.1. The molecule has 1 aliphatic carbocycles. The van der Waals surface area contributed by atoms with Gasteiger partial charge in [-0.15, -0.1) is 0 Å². The Hall–Kier alpha value is -1.90. The van der Waals surface area contributed by atoms with Crippen molar-refractivity contribution < 1.29 is 4.79 Å². The van der Waals surface area contributed by atoms with E-state index < -0.39 is 0 Å². The van der Waals surface area contributed by atoms with Gasteiger partial charge >= 0.3 is 0 Å². The van der Waals surface area contributed by atoms with E-state index in [2.05, 4.69) is 17.2 Å². The highest BCUT2D eigenvalue weighted by Gasteiger charge is 2.21. The first kappa shape index (κ1) is 13.1. The van der Waals surface area contributed by atoms with Gasteiger partial charge in [0.15, 0.2) is 5.78 Å². The van der Waals surface area contributed by atoms with Crippen LogP contribution in [0.2, 0.25) is 0 Å². The van der Waals surface area contributed by atoms with Crippen LogP contribution in [0.4, 0.5) is 0 Å². The highest BCUT2D eigenvalue weighted by Crippen LogP contribution is 2.36. The Balaban J connectivity index is 1.93. The van der Waals surface area contributed by atoms with Crippen LogP contribution in [0, 0.1) is 0 Å². The second kappa shape index (κ2) is 5.23. The maximum Gasteiger partial charge on any atom is 0.196 e. The summed E-state index contributed by atoms with van der Waals surface area (Å²) in [6.07, 6.45) is 6.43. The van der Waals surface area contributed by atoms with Crippen molar-refractivity contribution in [1.82, 2.24) is 9.78 Å². The maximum absolute atomic E-state index is 12.7. The molecule has 1 aromatic carbocycles. The van der Waals surface area contributed by atoms with Crippen LogP contribution in [0.25, 0.3) is 0 Å². The Labute approximate surface area is 119 Å². The van der Waals surface area contributed by atoms with Gasteiger partial charge in [-0.05, 0) is 36.8 Å². The van der Waals surface area contributed by atoms with Crippen molar-refractivity contribution >= 4 is 5.78 Å². The van der Waals surface area contributed by atoms with Gasteiger partial charge in [0.25, 0.3) is 0 Å². The quantitative estimate of drug-likeness (QED) is 0.796. The topological polar surface area (TPSA) is 34.9 Å². The number of carbonyl (C=O) groups excluding carboxylic acids is 1. The number of hydrogen-bond donors (Lipinski definition) is 0. The number of carbonyl (C=O) groups is 1. The van der Waals surface area contributed by atoms with E-state index in [0.29, 0.717) is 5.92 Å². The Morgan fingerprint density at radius 3 is 2.85 bits per heavy atom. The summed E-state index contributed by atoms with van der Waals surface area (Å²) in [7, 11) is 1.86. The van der Waals surface area contributed by atoms with Crippen LogP contribution in [0.5, 0.6) is 0 Å². The van der Waals surface area contributed by atoms with Gasteiger partial charge in [-0.3, -0.25) is 9.48 Å². The third-order valence-corrected chi connectivity index (χ3v) is 4.21. The van der Waals surface area contributed by atoms with E-state index >= 15 is 0 Å². The molecule has 20 heavy (non-hydrogen) atoms. The molecule has 1 fully saturated rings. The summed E-state index contributed by atoms with van der Waals surface area (Å²) < 4.78 is 1.72. The predicted molar refractivity (Wildman–Crippen MR) is 79.1 cm³/mol. The summed E-state index contributed by atoms with van der Waals surface area (Å²) in [5, 5.41) is 4.36. The van der Waals surface area contributed by atoms with Crippen molar-refractivity contribution in [2.24, 2.45) is 7.05 Å². The van der Waals surface area contributed by atoms with E-state index in [0.717, 1.165) is 23.2 Å². The number of benzene rings is 1. The Morgan fingerprint density at radius 2 is 2.20 bits per heavy atom. The molecule has 0 amide bonds. The fraction of sp³-hybridized carbons (Fsp3) is 0.412. The van der Waals surface area contributed by atoms with Gasteiger partial charge in [0.2, 0.25) is 0 Å². The molecule has 3 nitrogen and oxygen atoms in total. The van der Waals surface area contributed by atoms with Crippen LogP contribution in [-0.4, -0.2) is 15.6 Å². The van der Waals surface area contributed by atoms with Crippen molar-refractivity contribution in [3.63, 3.8) is 0 Å². The lowest BCUT2D eigenvalue weighted by molar-refractivity contribution is 0.103. The fourth-order valence-electron chi connectivity index (χ4n) is 2.82. The molecule has 3 heteroatoms. The molecule has 3 rings (SSSR count). The average Bonchev–Trinajstić information content (AvgIpc) is 2.77. The van der Waals surface area contributed by atoms with Crippen LogP contribution in [-0.2, 0) is 13.5 Å². The summed E-state index contributed by atoms with van der Waals surface area (Å²) in [6, 6.07) is 8.13. The Kier molecular flexibility index (Phi) is 3.43. The van der Waals surface area contributed by atoms with E-state index in [4.69, 9.17) is 0 Å². The zero-order chi connectivity index (χ0) is 14.1. The van der Waals surface area contributed by atoms with E-state index in [-0.39, 0.29) is 5.78 Å². The van der Waals surface area contributed by atoms with Gasteiger partial charge in [0.1, 0.15) is 0 Å². The van der Waals surface area contributed by atoms with Gasteiger partial charge in [-0.25, -0.2) is 0 Å². The summed E-state index contributed by atoms with van der Waals surface area (Å²) in [5.41, 5.74) is 3.72. The molecule has 0 radical (unpaired) electrons. The third kappa shape index (κ3) is 2.28. The average molecular weight is 268 g/mol. The number of hydrogen-bond acceptors (Lipinski definition) is 2. The number of ketones is 1. The minimum absolute atomic E-state index is 0.0936. The lowest BCUT2D eigenvalue weighted by atomic mass is 9.79. The molecule has 0 bridgehead atoms. The molecule has 0 aliphatic heterocycles. The molecule has 0 atom stereocenters. The van der Waals surface area contributed by atoms with Crippen LogP contribution in [0.3, 0.4) is 0 Å². The zero-order valence-corrected chi connectivity index (χ0v) is 12.1. The van der Waals surface area contributed by atoms with Crippen molar-refractivity contribution in [3.8, 4) is 0 Å². The standard InChI is InChI=1S/C17H20N2O/c1-3-16-15(11-19(2)18-16)17(20)14-9-5-8-13(10-14)12-6-4-7-12/h5,8-12H,3-4,6-7H2,1-2H3. The third-order valence-electron chi connectivity index (χ3n) is 4.21. The molecule has 2 aromatic rings. The van der Waals surface area contributed by atoms with E-state index in [1.54, 1.807) is 4.68 Å². The van der Waals surface area contributed by atoms with Gasteiger partial charge in [0, 0.05) is 18.8 Å². The van der Waals surface area contributed by atoms with Crippen LogP contribution in [0.15, 0.2) is 30.5 Å². The lowest BCUT2D eigenvalue weighted by Gasteiger charge is -2.26. The molecule has 1 heterocycles. The molecule has 0 N–H and O–H groups in total. The monoisotopic (exact) mass is 268 g/mol. The first-order valence-electron chi connectivity index (χ1n) is 7.36. The number of aromatic nitrogens is 2. The summed E-state index contributed by atoms with van der Waals surface area (Å²) in [4.78, 5) is 12.7. The van der Waals surface area contributed by atoms with Crippen LogP contribution >= 0.6 is 0 Å². The number of aryl methyl sites for hydroxylation is 2. The molecule has 0 spiro atoms. The van der Waals surface area contributed by atoms with Crippen molar-refractivity contribution in [2.45, 2.75) is 38.5 Å².